The molecular formula is C50H64N6O6. The van der Waals surface area contributed by atoms with Crippen molar-refractivity contribution in [1.29, 1.82) is 0 Å². The number of aliphatic carboxylic acids is 1. The summed E-state index contributed by atoms with van der Waals surface area (Å²) in [6, 6.07) is 11.7. The molecule has 4 aliphatic carbocycles. The Morgan fingerprint density at radius 2 is 1.06 bits per heavy atom. The molecule has 4 aromatic rings. The van der Waals surface area contributed by atoms with E-state index in [-0.39, 0.29) is 23.1 Å². The number of hydrogen-bond donors (Lipinski definition) is 7. The number of carboxylic acids is 1. The first-order chi connectivity index (χ1) is 29.3. The highest BCUT2D eigenvalue weighted by molar-refractivity contribution is 6.04. The number of amides is 2. The van der Waals surface area contributed by atoms with Crippen LogP contribution in [0.1, 0.15) is 172 Å². The lowest BCUT2D eigenvalue weighted by molar-refractivity contribution is -0.145. The third-order valence-electron chi connectivity index (χ3n) is 13.7. The summed E-state index contributed by atoms with van der Waals surface area (Å²) in [5, 5.41) is 37.8. The highest BCUT2D eigenvalue weighted by Gasteiger charge is 2.38. The minimum Gasteiger partial charge on any atom is -0.481 e. The number of carbonyl (C=O) groups excluding carboxylic acids is 2. The Morgan fingerprint density at radius 3 is 1.42 bits per heavy atom. The molecule has 8 rings (SSSR count). The smallest absolute Gasteiger partial charge is 0.306 e. The van der Waals surface area contributed by atoms with Crippen LogP contribution in [-0.4, -0.2) is 53.0 Å². The van der Waals surface area contributed by atoms with E-state index in [1.165, 1.54) is 5.57 Å². The van der Waals surface area contributed by atoms with Gasteiger partial charge in [-0.1, -0.05) is 64.8 Å². The topological polar surface area (TPSA) is 193 Å². The minimum absolute atomic E-state index is 0.240. The van der Waals surface area contributed by atoms with Gasteiger partial charge in [0.15, 0.2) is 11.6 Å². The van der Waals surface area contributed by atoms with E-state index in [9.17, 15) is 29.7 Å². The van der Waals surface area contributed by atoms with E-state index in [1.807, 2.05) is 44.2 Å². The Bertz CT molecular complexity index is 2370. The number of carbonyl (C=O) groups is 3. The van der Waals surface area contributed by atoms with Gasteiger partial charge in [-0.25, -0.2) is 9.97 Å². The highest BCUT2D eigenvalue weighted by atomic mass is 16.4. The fourth-order valence-electron chi connectivity index (χ4n) is 9.36. The Labute approximate surface area is 365 Å². The monoisotopic (exact) mass is 844 g/mol. The van der Waals surface area contributed by atoms with Crippen molar-refractivity contribution in [2.24, 2.45) is 16.7 Å². The van der Waals surface area contributed by atoms with Crippen molar-refractivity contribution in [2.75, 3.05) is 10.6 Å². The fraction of sp³-hybridized carbons (Fsp3) is 0.500. The number of aliphatic hydroxyl groups is 2. The lowest BCUT2D eigenvalue weighted by Crippen LogP contribution is -2.34. The van der Waals surface area contributed by atoms with Crippen LogP contribution in [0.5, 0.6) is 0 Å². The number of H-pyrrole nitrogens is 2. The van der Waals surface area contributed by atoms with Crippen LogP contribution in [0.3, 0.4) is 0 Å². The van der Waals surface area contributed by atoms with Gasteiger partial charge >= 0.3 is 5.97 Å². The molecule has 0 bridgehead atoms. The van der Waals surface area contributed by atoms with Crippen LogP contribution in [0.25, 0.3) is 11.1 Å². The highest BCUT2D eigenvalue weighted by Crippen LogP contribution is 2.46. The molecule has 7 N–H and O–H groups in total. The molecule has 12 nitrogen and oxygen atoms in total. The molecule has 2 saturated carbocycles. The fourth-order valence-corrected chi connectivity index (χ4v) is 9.36. The minimum atomic E-state index is -1.06. The summed E-state index contributed by atoms with van der Waals surface area (Å²) in [5.41, 5.74) is 7.95. The zero-order chi connectivity index (χ0) is 44.5. The number of imidazole rings is 2. The zero-order valence-electron chi connectivity index (χ0n) is 37.2. The number of hydrogen-bond acceptors (Lipinski definition) is 7. The number of aryl methyl sites for hydroxylation is 2. The molecule has 2 amide bonds. The summed E-state index contributed by atoms with van der Waals surface area (Å²) in [4.78, 5) is 51.0. The lowest BCUT2D eigenvalue weighted by atomic mass is 9.73. The van der Waals surface area contributed by atoms with Gasteiger partial charge in [-0.05, 0) is 148 Å². The second-order valence-corrected chi connectivity index (χ2v) is 19.8. The molecule has 0 aliphatic heterocycles. The second-order valence-electron chi connectivity index (χ2n) is 19.8. The van der Waals surface area contributed by atoms with E-state index in [0.717, 1.165) is 109 Å². The molecule has 12 heteroatoms. The number of benzene rings is 2. The van der Waals surface area contributed by atoms with Crippen molar-refractivity contribution in [3.63, 3.8) is 0 Å². The third-order valence-corrected chi connectivity index (χ3v) is 13.7. The van der Waals surface area contributed by atoms with Gasteiger partial charge in [0.25, 0.3) is 11.8 Å². The van der Waals surface area contributed by atoms with Crippen molar-refractivity contribution < 1.29 is 29.7 Å². The quantitative estimate of drug-likeness (QED) is 0.0865. The summed E-state index contributed by atoms with van der Waals surface area (Å²) in [6.07, 6.45) is 19.2. The third kappa shape index (κ3) is 10.3. The van der Waals surface area contributed by atoms with Gasteiger partial charge in [-0.2, -0.15) is 0 Å². The predicted molar refractivity (Wildman–Crippen MR) is 243 cm³/mol. The number of anilines is 2. The molecule has 0 unspecified atom stereocenters. The molecule has 2 fully saturated rings. The first-order valence-electron chi connectivity index (χ1n) is 22.3. The average molecular weight is 845 g/mol. The first kappa shape index (κ1) is 44.7. The largest absolute Gasteiger partial charge is 0.481 e. The van der Waals surface area contributed by atoms with Crippen molar-refractivity contribution in [3.05, 3.63) is 106 Å². The van der Waals surface area contributed by atoms with E-state index in [0.29, 0.717) is 42.6 Å². The van der Waals surface area contributed by atoms with Crippen molar-refractivity contribution in [1.82, 2.24) is 19.9 Å². The van der Waals surface area contributed by atoms with E-state index in [1.54, 1.807) is 12.4 Å². The Morgan fingerprint density at radius 1 is 0.645 bits per heavy atom. The Balaban J connectivity index is 0.000000188. The molecule has 0 radical (unpaired) electrons. The molecule has 4 aliphatic rings. The van der Waals surface area contributed by atoms with Crippen LogP contribution in [0, 0.1) is 30.6 Å². The van der Waals surface area contributed by atoms with Gasteiger partial charge < -0.3 is 35.9 Å². The van der Waals surface area contributed by atoms with E-state index >= 15 is 0 Å². The van der Waals surface area contributed by atoms with E-state index in [2.05, 4.69) is 76.5 Å². The van der Waals surface area contributed by atoms with Crippen LogP contribution >= 0.6 is 0 Å². The predicted octanol–water partition coefficient (Wildman–Crippen LogP) is 10.4. The van der Waals surface area contributed by atoms with E-state index in [4.69, 9.17) is 0 Å². The molecule has 2 aromatic carbocycles. The molecule has 330 valence electrons. The second kappa shape index (κ2) is 17.8. The van der Waals surface area contributed by atoms with Crippen LogP contribution in [0.4, 0.5) is 11.4 Å². The number of rotatable bonds is 9. The molecule has 0 saturated heterocycles. The summed E-state index contributed by atoms with van der Waals surface area (Å²) in [7, 11) is 0. The van der Waals surface area contributed by atoms with E-state index < -0.39 is 23.1 Å². The summed E-state index contributed by atoms with van der Waals surface area (Å²) >= 11 is 0. The number of nitrogens with zero attached hydrogens (tertiary/aromatic N) is 2. The number of aromatic amines is 2. The van der Waals surface area contributed by atoms with Crippen LogP contribution in [0.15, 0.2) is 60.9 Å². The standard InChI is InChI=1S/C26H33N3O4.C24H31N3O2/c1-16-15-27-22(28-16)23(30)29-21-5-4-19(26(33)12-8-18(9-13-26)24(31)32)14-20(21)17-6-10-25(2,3)11-7-17;1-16-15-25-21(26-16)22(28)27-20-7-6-18(24(29)10-4-5-11-24)14-19(20)17-8-12-23(2,3)13-9-17/h4-6,14-15,18,33H,7-13H2,1-3H3,(H,27,28)(H,29,30)(H,31,32);6-8,14-15,29H,4-5,9-13H2,1-3H3,(H,25,26)(H,27,28). The number of carboxylic acid groups (broad SMARTS) is 1. The lowest BCUT2D eigenvalue weighted by Gasteiger charge is -2.36. The number of aromatic nitrogens is 4. The van der Waals surface area contributed by atoms with Gasteiger partial charge in [0.2, 0.25) is 0 Å². The van der Waals surface area contributed by atoms with Crippen LogP contribution in [-0.2, 0) is 16.0 Å². The molecule has 62 heavy (non-hydrogen) atoms. The molecule has 0 atom stereocenters. The van der Waals surface area contributed by atoms with Gasteiger partial charge in [0.05, 0.1) is 17.1 Å². The van der Waals surface area contributed by atoms with Gasteiger partial charge in [-0.3, -0.25) is 14.4 Å². The van der Waals surface area contributed by atoms with Crippen LogP contribution in [0.2, 0.25) is 0 Å². The summed E-state index contributed by atoms with van der Waals surface area (Å²) in [5.74, 6) is -1.18. The number of allylic oxidation sites excluding steroid dienone is 4. The van der Waals surface area contributed by atoms with Gasteiger partial charge in [-0.15, -0.1) is 0 Å². The summed E-state index contributed by atoms with van der Waals surface area (Å²) in [6.45, 7) is 12.8. The summed E-state index contributed by atoms with van der Waals surface area (Å²) < 4.78 is 0. The maximum atomic E-state index is 12.8. The van der Waals surface area contributed by atoms with Crippen molar-refractivity contribution in [2.45, 2.75) is 143 Å². The normalized spacial score (nSPS) is 22.7. The van der Waals surface area contributed by atoms with Gasteiger partial charge in [0.1, 0.15) is 0 Å². The van der Waals surface area contributed by atoms with Gasteiger partial charge in [0, 0.05) is 46.3 Å². The first-order valence-corrected chi connectivity index (χ1v) is 22.3. The molecular weight excluding hydrogens is 781 g/mol. The number of nitrogens with one attached hydrogen (secondary N) is 4. The van der Waals surface area contributed by atoms with Crippen molar-refractivity contribution >= 4 is 40.3 Å². The molecule has 2 aromatic heterocycles. The molecule has 0 spiro atoms. The zero-order valence-corrected chi connectivity index (χ0v) is 37.2. The van der Waals surface area contributed by atoms with Crippen molar-refractivity contribution in [3.8, 4) is 0 Å². The Kier molecular flexibility index (Phi) is 12.8. The van der Waals surface area contributed by atoms with Crippen LogP contribution < -0.4 is 10.6 Å². The average Bonchev–Trinajstić information content (AvgIpc) is 4.00. The maximum Gasteiger partial charge on any atom is 0.306 e. The molecule has 2 heterocycles. The maximum absolute atomic E-state index is 12.8. The Hall–Kier alpha value is -5.33. The SMILES string of the molecule is Cc1cnc(C(=O)Nc2ccc(C3(O)CCC(C(=O)O)CC3)cc2C2=CCC(C)(C)CC2)[nH]1.Cc1cnc(C(=O)Nc2ccc(C3(O)CCCC3)cc2C2=CCC(C)(C)CC2)[nH]1.